The second kappa shape index (κ2) is 7.72. The minimum Gasteiger partial charge on any atom is -0.337 e. The second-order valence-corrected chi connectivity index (χ2v) is 6.88. The van der Waals surface area contributed by atoms with Crippen LogP contribution in [0.5, 0.6) is 0 Å². The highest BCUT2D eigenvalue weighted by atomic mass is 16.5. The summed E-state index contributed by atoms with van der Waals surface area (Å²) < 4.78 is 7.79. The molecule has 6 heteroatoms. The van der Waals surface area contributed by atoms with Gasteiger partial charge in [-0.15, -0.1) is 0 Å². The van der Waals surface area contributed by atoms with Gasteiger partial charge in [0.1, 0.15) is 5.82 Å². The maximum atomic E-state index is 5.48. The molecule has 136 valence electrons. The lowest BCUT2D eigenvalue weighted by Gasteiger charge is -2.31. The summed E-state index contributed by atoms with van der Waals surface area (Å²) in [4.78, 5) is 11.5. The number of hydrogen-bond acceptors (Lipinski definition) is 5. The molecule has 4 rings (SSSR count). The van der Waals surface area contributed by atoms with E-state index in [1.165, 1.54) is 18.7 Å². The van der Waals surface area contributed by atoms with Crippen molar-refractivity contribution in [3.05, 3.63) is 48.5 Å². The number of aryl methyl sites for hydroxylation is 1. The smallest absolute Gasteiger partial charge is 0.266 e. The van der Waals surface area contributed by atoms with E-state index in [0.717, 1.165) is 38.0 Å². The van der Waals surface area contributed by atoms with Crippen molar-refractivity contribution in [1.82, 2.24) is 19.7 Å². The molecule has 1 saturated heterocycles. The molecule has 6 nitrogen and oxygen atoms in total. The van der Waals surface area contributed by atoms with Crippen molar-refractivity contribution in [2.24, 2.45) is 0 Å². The first-order valence-electron chi connectivity index (χ1n) is 9.50. The Morgan fingerprint density at radius 3 is 2.96 bits per heavy atom. The van der Waals surface area contributed by atoms with Gasteiger partial charge in [-0.2, -0.15) is 4.98 Å². The van der Waals surface area contributed by atoms with Gasteiger partial charge in [0, 0.05) is 43.5 Å². The zero-order valence-corrected chi connectivity index (χ0v) is 15.2. The van der Waals surface area contributed by atoms with E-state index in [2.05, 4.69) is 37.7 Å². The summed E-state index contributed by atoms with van der Waals surface area (Å²) in [6, 6.07) is 9.91. The quantitative estimate of drug-likeness (QED) is 0.669. The number of rotatable bonds is 6. The zero-order chi connectivity index (χ0) is 17.8. The Hall–Kier alpha value is -2.63. The molecular formula is C20H25N5O. The van der Waals surface area contributed by atoms with Gasteiger partial charge in [0.25, 0.3) is 11.8 Å². The molecule has 1 fully saturated rings. The molecule has 1 aliphatic rings. The topological polar surface area (TPSA) is 60.0 Å². The molecule has 3 aromatic rings. The fraction of sp³-hybridized carbons (Fsp3) is 0.450. The molecule has 1 unspecified atom stereocenters. The van der Waals surface area contributed by atoms with Gasteiger partial charge < -0.3 is 14.0 Å². The zero-order valence-electron chi connectivity index (χ0n) is 15.2. The first-order chi connectivity index (χ1) is 12.8. The van der Waals surface area contributed by atoms with E-state index in [9.17, 15) is 0 Å². The number of aromatic nitrogens is 4. The van der Waals surface area contributed by atoms with Gasteiger partial charge in [0.2, 0.25) is 0 Å². The van der Waals surface area contributed by atoms with E-state index in [1.54, 1.807) is 0 Å². The molecule has 2 aromatic heterocycles. The molecule has 0 saturated carbocycles. The Bertz CT molecular complexity index is 826. The molecule has 0 radical (unpaired) electrons. The predicted molar refractivity (Wildman–Crippen MR) is 101 cm³/mol. The molecule has 0 bridgehead atoms. The first kappa shape index (κ1) is 16.8. The van der Waals surface area contributed by atoms with E-state index >= 15 is 0 Å². The van der Waals surface area contributed by atoms with Crippen LogP contribution in [0, 0.1) is 0 Å². The Labute approximate surface area is 153 Å². The van der Waals surface area contributed by atoms with Gasteiger partial charge in [0.05, 0.1) is 0 Å². The van der Waals surface area contributed by atoms with Gasteiger partial charge in [-0.1, -0.05) is 31.5 Å². The van der Waals surface area contributed by atoms with Crippen LogP contribution in [-0.4, -0.2) is 32.8 Å². The van der Waals surface area contributed by atoms with Gasteiger partial charge in [-0.3, -0.25) is 0 Å². The minimum atomic E-state index is 0.411. The van der Waals surface area contributed by atoms with Crippen LogP contribution in [0.2, 0.25) is 0 Å². The lowest BCUT2D eigenvalue weighted by molar-refractivity contribution is 0.419. The normalized spacial score (nSPS) is 17.6. The summed E-state index contributed by atoms with van der Waals surface area (Å²) in [7, 11) is 0. The maximum absolute atomic E-state index is 5.48. The van der Waals surface area contributed by atoms with Crippen LogP contribution in [0.3, 0.4) is 0 Å². The predicted octanol–water partition coefficient (Wildman–Crippen LogP) is 4.12. The highest BCUT2D eigenvalue weighted by molar-refractivity contribution is 5.54. The third kappa shape index (κ3) is 3.49. The largest absolute Gasteiger partial charge is 0.337 e. The summed E-state index contributed by atoms with van der Waals surface area (Å²) in [6.07, 6.45) is 8.67. The standard InChI is InChI=1S/C20H25N5O/c1-2-3-12-24-14-11-21-18(24)17-10-7-13-25(15-17)20-22-19(26-23-20)16-8-5-4-6-9-16/h4-6,8-9,11,14,17H,2-3,7,10,12-13,15H2,1H3. The first-order valence-corrected chi connectivity index (χ1v) is 9.50. The van der Waals surface area contributed by atoms with Crippen molar-refractivity contribution in [3.63, 3.8) is 0 Å². The summed E-state index contributed by atoms with van der Waals surface area (Å²) in [5.41, 5.74) is 0.954. The van der Waals surface area contributed by atoms with Crippen molar-refractivity contribution < 1.29 is 4.52 Å². The molecule has 0 amide bonds. The Morgan fingerprint density at radius 1 is 1.23 bits per heavy atom. The SMILES string of the molecule is CCCCn1ccnc1C1CCCN(c2noc(-c3ccccc3)n2)C1. The third-order valence-electron chi connectivity index (χ3n) is 5.01. The summed E-state index contributed by atoms with van der Waals surface area (Å²) in [5.74, 6) is 2.86. The molecule has 1 aliphatic heterocycles. The molecular weight excluding hydrogens is 326 g/mol. The number of unbranched alkanes of at least 4 members (excludes halogenated alkanes) is 1. The van der Waals surface area contributed by atoms with Crippen LogP contribution < -0.4 is 4.90 Å². The van der Waals surface area contributed by atoms with Crippen LogP contribution in [0.15, 0.2) is 47.2 Å². The van der Waals surface area contributed by atoms with Crippen molar-refractivity contribution in [3.8, 4) is 11.5 Å². The lowest BCUT2D eigenvalue weighted by Crippen LogP contribution is -2.36. The summed E-state index contributed by atoms with van der Waals surface area (Å²) in [5, 5.41) is 4.22. The Kier molecular flexibility index (Phi) is 5.00. The molecule has 26 heavy (non-hydrogen) atoms. The van der Waals surface area contributed by atoms with Crippen LogP contribution in [-0.2, 0) is 6.54 Å². The molecule has 0 N–H and O–H groups in total. The highest BCUT2D eigenvalue weighted by Crippen LogP contribution is 2.29. The van der Waals surface area contributed by atoms with Gasteiger partial charge in [0.15, 0.2) is 0 Å². The fourth-order valence-electron chi connectivity index (χ4n) is 3.61. The number of nitrogens with zero attached hydrogens (tertiary/aromatic N) is 5. The van der Waals surface area contributed by atoms with Crippen LogP contribution in [0.25, 0.3) is 11.5 Å². The monoisotopic (exact) mass is 351 g/mol. The molecule has 1 atom stereocenters. The highest BCUT2D eigenvalue weighted by Gasteiger charge is 2.27. The van der Waals surface area contributed by atoms with E-state index in [0.29, 0.717) is 17.8 Å². The van der Waals surface area contributed by atoms with E-state index < -0.39 is 0 Å². The van der Waals surface area contributed by atoms with Crippen molar-refractivity contribution in [2.75, 3.05) is 18.0 Å². The number of anilines is 1. The third-order valence-corrected chi connectivity index (χ3v) is 5.01. The molecule has 0 aliphatic carbocycles. The molecule has 0 spiro atoms. The summed E-state index contributed by atoms with van der Waals surface area (Å²) >= 11 is 0. The van der Waals surface area contributed by atoms with Crippen molar-refractivity contribution in [1.29, 1.82) is 0 Å². The van der Waals surface area contributed by atoms with Gasteiger partial charge in [-0.05, 0) is 36.6 Å². The Morgan fingerprint density at radius 2 is 2.12 bits per heavy atom. The number of piperidine rings is 1. The minimum absolute atomic E-state index is 0.411. The number of hydrogen-bond donors (Lipinski definition) is 0. The Balaban J connectivity index is 1.49. The van der Waals surface area contributed by atoms with Crippen LogP contribution in [0.1, 0.15) is 44.3 Å². The van der Waals surface area contributed by atoms with Crippen molar-refractivity contribution >= 4 is 5.95 Å². The maximum Gasteiger partial charge on any atom is 0.266 e. The van der Waals surface area contributed by atoms with E-state index in [4.69, 9.17) is 4.52 Å². The van der Waals surface area contributed by atoms with Crippen molar-refractivity contribution in [2.45, 2.75) is 45.1 Å². The van der Waals surface area contributed by atoms with Gasteiger partial charge in [-0.25, -0.2) is 4.98 Å². The molecule has 3 heterocycles. The average Bonchev–Trinajstić information content (AvgIpc) is 3.37. The lowest BCUT2D eigenvalue weighted by atomic mass is 9.97. The van der Waals surface area contributed by atoms with Crippen LogP contribution in [0.4, 0.5) is 5.95 Å². The number of benzene rings is 1. The van der Waals surface area contributed by atoms with Crippen LogP contribution >= 0.6 is 0 Å². The summed E-state index contributed by atoms with van der Waals surface area (Å²) in [6.45, 7) is 5.11. The molecule has 1 aromatic carbocycles. The average molecular weight is 351 g/mol. The van der Waals surface area contributed by atoms with E-state index in [1.807, 2.05) is 36.5 Å². The second-order valence-electron chi connectivity index (χ2n) is 6.88. The van der Waals surface area contributed by atoms with Gasteiger partial charge >= 0.3 is 0 Å². The fourth-order valence-corrected chi connectivity index (χ4v) is 3.61. The number of imidazole rings is 1. The van der Waals surface area contributed by atoms with E-state index in [-0.39, 0.29) is 0 Å².